The average molecular weight is 311 g/mol. The summed E-state index contributed by atoms with van der Waals surface area (Å²) in [5.41, 5.74) is 0. The van der Waals surface area contributed by atoms with E-state index in [0.29, 0.717) is 12.6 Å². The lowest BCUT2D eigenvalue weighted by atomic mass is 10.1. The van der Waals surface area contributed by atoms with Crippen molar-refractivity contribution in [1.82, 2.24) is 15.0 Å². The third-order valence-electron chi connectivity index (χ3n) is 3.29. The molecule has 6 nitrogen and oxygen atoms in total. The minimum atomic E-state index is 0.687. The van der Waals surface area contributed by atoms with Crippen molar-refractivity contribution in [3.8, 4) is 0 Å². The minimum absolute atomic E-state index is 0.687. The van der Waals surface area contributed by atoms with E-state index in [9.17, 15) is 0 Å². The van der Waals surface area contributed by atoms with Crippen molar-refractivity contribution in [2.75, 3.05) is 49.3 Å². The number of ether oxygens (including phenoxy) is 1. The first-order chi connectivity index (χ1) is 10.3. The lowest BCUT2D eigenvalue weighted by Gasteiger charge is -2.26. The van der Waals surface area contributed by atoms with Crippen LogP contribution in [0.5, 0.6) is 0 Å². The van der Waals surface area contributed by atoms with Gasteiger partial charge in [0.05, 0.1) is 6.61 Å². The molecule has 1 saturated heterocycles. The molecule has 0 atom stereocenters. The molecular formula is C14H25N5OS. The Morgan fingerprint density at radius 1 is 1.19 bits per heavy atom. The minimum Gasteiger partial charge on any atom is -0.384 e. The molecule has 7 heteroatoms. The van der Waals surface area contributed by atoms with Gasteiger partial charge in [0, 0.05) is 32.5 Å². The topological polar surface area (TPSA) is 63.2 Å². The lowest BCUT2D eigenvalue weighted by Crippen LogP contribution is -2.31. The zero-order valence-corrected chi connectivity index (χ0v) is 13.8. The van der Waals surface area contributed by atoms with Gasteiger partial charge in [-0.25, -0.2) is 0 Å². The molecule has 21 heavy (non-hydrogen) atoms. The second-order valence-electron chi connectivity index (χ2n) is 5.06. The molecule has 0 aliphatic carbocycles. The largest absolute Gasteiger partial charge is 0.384 e. The fourth-order valence-corrected chi connectivity index (χ4v) is 2.91. The molecule has 118 valence electrons. The Balaban J connectivity index is 2.10. The first kappa shape index (κ1) is 16.3. The number of hydrogen-bond acceptors (Lipinski definition) is 7. The van der Waals surface area contributed by atoms with Gasteiger partial charge < -0.3 is 15.0 Å². The number of aromatic nitrogens is 3. The van der Waals surface area contributed by atoms with Gasteiger partial charge in [0.15, 0.2) is 5.16 Å². The Labute approximate surface area is 131 Å². The number of hydrogen-bond donors (Lipinski definition) is 1. The Hall–Kier alpha value is -1.08. The van der Waals surface area contributed by atoms with Crippen LogP contribution < -0.4 is 10.2 Å². The summed E-state index contributed by atoms with van der Waals surface area (Å²) in [5, 5.41) is 4.05. The van der Waals surface area contributed by atoms with Crippen LogP contribution in [0.3, 0.4) is 0 Å². The van der Waals surface area contributed by atoms with Gasteiger partial charge in [0.1, 0.15) is 0 Å². The monoisotopic (exact) mass is 311 g/mol. The maximum atomic E-state index is 5.09. The zero-order chi connectivity index (χ0) is 14.9. The van der Waals surface area contributed by atoms with Gasteiger partial charge in [-0.2, -0.15) is 15.0 Å². The molecule has 0 aromatic carbocycles. The smallest absolute Gasteiger partial charge is 0.231 e. The Kier molecular flexibility index (Phi) is 7.02. The number of thioether (sulfide) groups is 1. The third kappa shape index (κ3) is 5.32. The summed E-state index contributed by atoms with van der Waals surface area (Å²) in [7, 11) is 1.71. The van der Waals surface area contributed by atoms with Crippen molar-refractivity contribution in [2.45, 2.75) is 37.8 Å². The van der Waals surface area contributed by atoms with Gasteiger partial charge in [-0.3, -0.25) is 0 Å². The van der Waals surface area contributed by atoms with Gasteiger partial charge in [0.2, 0.25) is 11.9 Å². The number of methoxy groups -OCH3 is 1. The maximum Gasteiger partial charge on any atom is 0.231 e. The van der Waals surface area contributed by atoms with Crippen LogP contribution in [0.2, 0.25) is 0 Å². The predicted octanol–water partition coefficient (Wildman–Crippen LogP) is 2.42. The molecular weight excluding hydrogens is 286 g/mol. The second-order valence-corrected chi connectivity index (χ2v) is 6.12. The molecule has 0 amide bonds. The van der Waals surface area contributed by atoms with Crippen molar-refractivity contribution in [3.05, 3.63) is 0 Å². The highest BCUT2D eigenvalue weighted by Gasteiger charge is 2.16. The van der Waals surface area contributed by atoms with E-state index in [1.54, 1.807) is 18.9 Å². The van der Waals surface area contributed by atoms with E-state index in [-0.39, 0.29) is 0 Å². The summed E-state index contributed by atoms with van der Waals surface area (Å²) in [5.74, 6) is 2.35. The summed E-state index contributed by atoms with van der Waals surface area (Å²) >= 11 is 1.62. The molecule has 1 fully saturated rings. The standard InChI is InChI=1S/C14H25N5OS/c1-3-7-15-12-16-13(19-8-5-4-6-9-19)18-14(17-12)21-11-10-20-2/h3-11H2,1-2H3,(H,15,16,17,18). The van der Waals surface area contributed by atoms with Crippen molar-refractivity contribution >= 4 is 23.7 Å². The normalized spacial score (nSPS) is 15.2. The summed E-state index contributed by atoms with van der Waals surface area (Å²) in [4.78, 5) is 15.9. The van der Waals surface area contributed by atoms with Crippen LogP contribution in [0.15, 0.2) is 5.16 Å². The summed E-state index contributed by atoms with van der Waals surface area (Å²) in [6, 6.07) is 0. The summed E-state index contributed by atoms with van der Waals surface area (Å²) in [6.45, 7) is 5.80. The molecule has 0 saturated carbocycles. The molecule has 2 rings (SSSR count). The van der Waals surface area contributed by atoms with Crippen LogP contribution in [-0.2, 0) is 4.74 Å². The van der Waals surface area contributed by atoms with Crippen LogP contribution >= 0.6 is 11.8 Å². The third-order valence-corrected chi connectivity index (χ3v) is 4.11. The van der Waals surface area contributed by atoms with Gasteiger partial charge in [-0.1, -0.05) is 18.7 Å². The highest BCUT2D eigenvalue weighted by molar-refractivity contribution is 7.99. The first-order valence-corrected chi connectivity index (χ1v) is 8.68. The number of piperidine rings is 1. The first-order valence-electron chi connectivity index (χ1n) is 7.70. The molecule has 1 aliphatic heterocycles. The molecule has 1 N–H and O–H groups in total. The predicted molar refractivity (Wildman–Crippen MR) is 87.3 cm³/mol. The van der Waals surface area contributed by atoms with E-state index in [4.69, 9.17) is 4.74 Å². The van der Waals surface area contributed by atoms with Crippen LogP contribution in [0.4, 0.5) is 11.9 Å². The molecule has 1 aliphatic rings. The van der Waals surface area contributed by atoms with Crippen LogP contribution in [0.25, 0.3) is 0 Å². The highest BCUT2D eigenvalue weighted by Crippen LogP contribution is 2.21. The Morgan fingerprint density at radius 3 is 2.71 bits per heavy atom. The van der Waals surface area contributed by atoms with E-state index >= 15 is 0 Å². The zero-order valence-electron chi connectivity index (χ0n) is 13.0. The van der Waals surface area contributed by atoms with Crippen molar-refractivity contribution in [1.29, 1.82) is 0 Å². The second kappa shape index (κ2) is 9.04. The fourth-order valence-electron chi connectivity index (χ4n) is 2.18. The van der Waals surface area contributed by atoms with Crippen molar-refractivity contribution < 1.29 is 4.74 Å². The van der Waals surface area contributed by atoms with Gasteiger partial charge in [0.25, 0.3) is 0 Å². The molecule has 1 aromatic rings. The average Bonchev–Trinajstić information content (AvgIpc) is 2.54. The van der Waals surface area contributed by atoms with Crippen LogP contribution in [0.1, 0.15) is 32.6 Å². The van der Waals surface area contributed by atoms with E-state index in [0.717, 1.165) is 42.9 Å². The highest BCUT2D eigenvalue weighted by atomic mass is 32.2. The Bertz CT molecular complexity index is 426. The molecule has 0 bridgehead atoms. The molecule has 2 heterocycles. The molecule has 1 aromatic heterocycles. The Morgan fingerprint density at radius 2 is 2.00 bits per heavy atom. The van der Waals surface area contributed by atoms with E-state index in [2.05, 4.69) is 32.1 Å². The van der Waals surface area contributed by atoms with Crippen molar-refractivity contribution in [3.63, 3.8) is 0 Å². The van der Waals surface area contributed by atoms with Crippen molar-refractivity contribution in [2.24, 2.45) is 0 Å². The number of nitrogens with zero attached hydrogens (tertiary/aromatic N) is 4. The van der Waals surface area contributed by atoms with E-state index in [1.807, 2.05) is 0 Å². The molecule has 0 spiro atoms. The van der Waals surface area contributed by atoms with Gasteiger partial charge in [-0.05, 0) is 25.7 Å². The lowest BCUT2D eigenvalue weighted by molar-refractivity contribution is 0.218. The summed E-state index contributed by atoms with van der Waals surface area (Å²) in [6.07, 6.45) is 4.79. The molecule has 0 unspecified atom stereocenters. The number of nitrogens with one attached hydrogen (secondary N) is 1. The van der Waals surface area contributed by atoms with E-state index in [1.165, 1.54) is 19.3 Å². The quantitative estimate of drug-likeness (QED) is 0.584. The number of anilines is 2. The fraction of sp³-hybridized carbons (Fsp3) is 0.786. The summed E-state index contributed by atoms with van der Waals surface area (Å²) < 4.78 is 5.09. The van der Waals surface area contributed by atoms with Crippen LogP contribution in [-0.4, -0.2) is 54.1 Å². The van der Waals surface area contributed by atoms with Gasteiger partial charge >= 0.3 is 0 Å². The number of rotatable bonds is 8. The van der Waals surface area contributed by atoms with Crippen LogP contribution in [0, 0.1) is 0 Å². The molecule has 0 radical (unpaired) electrons. The van der Waals surface area contributed by atoms with Gasteiger partial charge in [-0.15, -0.1) is 0 Å². The van der Waals surface area contributed by atoms with E-state index < -0.39 is 0 Å². The SMILES string of the molecule is CCCNc1nc(SCCOC)nc(N2CCCCC2)n1. The maximum absolute atomic E-state index is 5.09.